The zero-order valence-corrected chi connectivity index (χ0v) is 14.5. The van der Waals surface area contributed by atoms with E-state index in [-0.39, 0.29) is 0 Å². The second-order valence-corrected chi connectivity index (χ2v) is 6.23. The summed E-state index contributed by atoms with van der Waals surface area (Å²) in [4.78, 5) is 9.18. The molecule has 3 nitrogen and oxygen atoms in total. The van der Waals surface area contributed by atoms with Gasteiger partial charge in [-0.3, -0.25) is 4.57 Å². The molecule has 2 aromatic carbocycles. The molecule has 122 valence electrons. The molecule has 0 saturated heterocycles. The molecule has 0 amide bonds. The van der Waals surface area contributed by atoms with E-state index >= 15 is 0 Å². The van der Waals surface area contributed by atoms with Crippen molar-refractivity contribution in [3.63, 3.8) is 0 Å². The van der Waals surface area contributed by atoms with E-state index in [4.69, 9.17) is 4.99 Å². The van der Waals surface area contributed by atoms with E-state index in [9.17, 15) is 0 Å². The molecule has 0 spiro atoms. The minimum absolute atomic E-state index is 0.868. The first-order valence-electron chi connectivity index (χ1n) is 8.31. The van der Waals surface area contributed by atoms with E-state index < -0.39 is 0 Å². The lowest BCUT2D eigenvalue weighted by molar-refractivity contribution is 0.965. The fourth-order valence-corrected chi connectivity index (χ4v) is 3.03. The van der Waals surface area contributed by atoms with Gasteiger partial charge in [-0.25, -0.2) is 9.98 Å². The predicted molar refractivity (Wildman–Crippen MR) is 100 cm³/mol. The molecule has 0 atom stereocenters. The van der Waals surface area contributed by atoms with Crippen LogP contribution < -0.4 is 0 Å². The molecule has 0 aliphatic heterocycles. The van der Waals surface area contributed by atoms with Crippen molar-refractivity contribution in [2.24, 2.45) is 4.99 Å². The molecule has 1 aromatic heterocycles. The summed E-state index contributed by atoms with van der Waals surface area (Å²) >= 11 is 0. The summed E-state index contributed by atoms with van der Waals surface area (Å²) in [5.74, 6) is 1.02. The minimum atomic E-state index is 0.868. The Morgan fingerprint density at radius 3 is 2.38 bits per heavy atom. The Morgan fingerprint density at radius 1 is 1.04 bits per heavy atom. The van der Waals surface area contributed by atoms with Gasteiger partial charge < -0.3 is 0 Å². The molecule has 3 aromatic rings. The number of hydrogen-bond acceptors (Lipinski definition) is 2. The van der Waals surface area contributed by atoms with Gasteiger partial charge in [-0.05, 0) is 43.9 Å². The molecule has 0 fully saturated rings. The van der Waals surface area contributed by atoms with Crippen molar-refractivity contribution in [2.75, 3.05) is 0 Å². The van der Waals surface area contributed by atoms with Crippen molar-refractivity contribution in [2.45, 2.75) is 33.6 Å². The highest BCUT2D eigenvalue weighted by Crippen LogP contribution is 2.26. The standard InChI is InChI=1S/C21H23N3/c1-16-13-17(2)21(18(3)14-16)23-20(24-12-11-22-15-24)10-9-19-7-5-4-6-8-19/h4-8,11-15H,9-10H2,1-3H3. The van der Waals surface area contributed by atoms with Crippen molar-refractivity contribution >= 4 is 11.5 Å². The molecule has 0 saturated carbocycles. The van der Waals surface area contributed by atoms with Crippen molar-refractivity contribution < 1.29 is 0 Å². The monoisotopic (exact) mass is 317 g/mol. The van der Waals surface area contributed by atoms with Crippen LogP contribution in [0.5, 0.6) is 0 Å². The van der Waals surface area contributed by atoms with Crippen molar-refractivity contribution in [3.05, 3.63) is 83.4 Å². The van der Waals surface area contributed by atoms with E-state index in [2.05, 4.69) is 62.2 Å². The van der Waals surface area contributed by atoms with Crippen LogP contribution in [0.25, 0.3) is 0 Å². The van der Waals surface area contributed by atoms with Crippen molar-refractivity contribution in [3.8, 4) is 0 Å². The zero-order valence-electron chi connectivity index (χ0n) is 14.5. The summed E-state index contributed by atoms with van der Waals surface area (Å²) in [7, 11) is 0. The molecular weight excluding hydrogens is 294 g/mol. The number of aliphatic imine (C=N–C) groups is 1. The van der Waals surface area contributed by atoms with Gasteiger partial charge in [-0.15, -0.1) is 0 Å². The molecule has 24 heavy (non-hydrogen) atoms. The van der Waals surface area contributed by atoms with Gasteiger partial charge in [-0.1, -0.05) is 48.0 Å². The normalized spacial score (nSPS) is 11.7. The number of nitrogens with zero attached hydrogens (tertiary/aromatic N) is 3. The van der Waals surface area contributed by atoms with Crippen LogP contribution in [-0.4, -0.2) is 15.4 Å². The van der Waals surface area contributed by atoms with Crippen molar-refractivity contribution in [1.29, 1.82) is 0 Å². The molecule has 1 heterocycles. The Balaban J connectivity index is 1.94. The first kappa shape index (κ1) is 16.2. The Labute approximate surface area is 143 Å². The Bertz CT molecular complexity index is 808. The van der Waals surface area contributed by atoms with Crippen molar-refractivity contribution in [1.82, 2.24) is 9.55 Å². The molecule has 0 radical (unpaired) electrons. The van der Waals surface area contributed by atoms with Crippen LogP contribution in [0, 0.1) is 20.8 Å². The Kier molecular flexibility index (Phi) is 4.90. The predicted octanol–water partition coefficient (Wildman–Crippen LogP) is 5.02. The summed E-state index contributed by atoms with van der Waals surface area (Å²) in [6, 6.07) is 14.9. The maximum Gasteiger partial charge on any atom is 0.114 e. The Hall–Kier alpha value is -2.68. The van der Waals surface area contributed by atoms with E-state index in [0.717, 1.165) is 24.4 Å². The first-order chi connectivity index (χ1) is 11.6. The van der Waals surface area contributed by atoms with Crippen LogP contribution in [-0.2, 0) is 6.42 Å². The van der Waals surface area contributed by atoms with Gasteiger partial charge in [0.2, 0.25) is 0 Å². The van der Waals surface area contributed by atoms with E-state index in [0.29, 0.717) is 0 Å². The SMILES string of the molecule is Cc1cc(C)c(N=C(CCc2ccccc2)n2ccnc2)c(C)c1. The van der Waals surface area contributed by atoms with Gasteiger partial charge in [0.15, 0.2) is 0 Å². The quantitative estimate of drug-likeness (QED) is 0.491. The summed E-state index contributed by atoms with van der Waals surface area (Å²) in [6.45, 7) is 6.38. The topological polar surface area (TPSA) is 30.2 Å². The first-order valence-corrected chi connectivity index (χ1v) is 8.31. The van der Waals surface area contributed by atoms with E-state index in [1.807, 2.05) is 23.2 Å². The number of aromatic nitrogens is 2. The fraction of sp³-hybridized carbons (Fsp3) is 0.238. The maximum absolute atomic E-state index is 5.00. The lowest BCUT2D eigenvalue weighted by Gasteiger charge is -2.12. The largest absolute Gasteiger partial charge is 0.294 e. The van der Waals surface area contributed by atoms with Crippen LogP contribution in [0.15, 0.2) is 66.2 Å². The molecule has 0 bridgehead atoms. The van der Waals surface area contributed by atoms with Crippen LogP contribution in [0.4, 0.5) is 5.69 Å². The average molecular weight is 317 g/mol. The highest BCUT2D eigenvalue weighted by molar-refractivity contribution is 5.87. The number of rotatable bonds is 4. The molecule has 0 aliphatic rings. The van der Waals surface area contributed by atoms with Gasteiger partial charge in [-0.2, -0.15) is 0 Å². The smallest absolute Gasteiger partial charge is 0.114 e. The van der Waals surface area contributed by atoms with Gasteiger partial charge in [0, 0.05) is 18.8 Å². The second-order valence-electron chi connectivity index (χ2n) is 6.23. The zero-order chi connectivity index (χ0) is 16.9. The van der Waals surface area contributed by atoms with Crippen LogP contribution in [0.2, 0.25) is 0 Å². The highest BCUT2D eigenvalue weighted by Gasteiger charge is 2.08. The molecule has 0 unspecified atom stereocenters. The molecular formula is C21H23N3. The van der Waals surface area contributed by atoms with Gasteiger partial charge >= 0.3 is 0 Å². The molecule has 3 heteroatoms. The fourth-order valence-electron chi connectivity index (χ4n) is 3.03. The highest BCUT2D eigenvalue weighted by atomic mass is 15.1. The third-order valence-corrected chi connectivity index (χ3v) is 4.16. The number of aryl methyl sites for hydroxylation is 4. The summed E-state index contributed by atoms with van der Waals surface area (Å²) in [5.41, 5.74) is 6.09. The van der Waals surface area contributed by atoms with Gasteiger partial charge in [0.25, 0.3) is 0 Å². The number of hydrogen-bond donors (Lipinski definition) is 0. The third-order valence-electron chi connectivity index (χ3n) is 4.16. The third kappa shape index (κ3) is 3.80. The average Bonchev–Trinajstić information content (AvgIpc) is 3.09. The Morgan fingerprint density at radius 2 is 1.75 bits per heavy atom. The second kappa shape index (κ2) is 7.26. The van der Waals surface area contributed by atoms with Crippen LogP contribution in [0.1, 0.15) is 28.7 Å². The lowest BCUT2D eigenvalue weighted by Crippen LogP contribution is -2.11. The van der Waals surface area contributed by atoms with Crippen LogP contribution in [0.3, 0.4) is 0 Å². The van der Waals surface area contributed by atoms with E-state index in [1.165, 1.54) is 22.3 Å². The summed E-state index contributed by atoms with van der Waals surface area (Å²) in [6.07, 6.45) is 7.41. The maximum atomic E-state index is 5.00. The lowest BCUT2D eigenvalue weighted by atomic mass is 10.1. The number of benzene rings is 2. The van der Waals surface area contributed by atoms with Gasteiger partial charge in [0.05, 0.1) is 5.69 Å². The molecule has 3 rings (SSSR count). The number of imidazole rings is 1. The molecule has 0 N–H and O–H groups in total. The van der Waals surface area contributed by atoms with Gasteiger partial charge in [0.1, 0.15) is 12.2 Å². The molecule has 0 aliphatic carbocycles. The summed E-state index contributed by atoms with van der Waals surface area (Å²) < 4.78 is 2.02. The minimum Gasteiger partial charge on any atom is -0.294 e. The summed E-state index contributed by atoms with van der Waals surface area (Å²) in [5, 5.41) is 0. The van der Waals surface area contributed by atoms with Crippen LogP contribution >= 0.6 is 0 Å². The van der Waals surface area contributed by atoms with E-state index in [1.54, 1.807) is 6.20 Å².